The molecule has 4 heteroatoms. The second-order valence-electron chi connectivity index (χ2n) is 4.07. The lowest BCUT2D eigenvalue weighted by atomic mass is 10.0. The maximum atomic E-state index is 13.3. The second kappa shape index (κ2) is 5.46. The number of hydrogen-bond acceptors (Lipinski definition) is 2. The fourth-order valence-electron chi connectivity index (χ4n) is 1.75. The molecule has 0 spiro atoms. The van der Waals surface area contributed by atoms with Crippen LogP contribution in [0.15, 0.2) is 36.4 Å². The number of hydrogen-bond donors (Lipinski definition) is 1. The van der Waals surface area contributed by atoms with Crippen molar-refractivity contribution in [2.24, 2.45) is 5.73 Å². The number of nitrogens with zero attached hydrogens (tertiary/aromatic N) is 1. The largest absolute Gasteiger partial charge is 0.326 e. The van der Waals surface area contributed by atoms with E-state index in [9.17, 15) is 4.39 Å². The Kier molecular flexibility index (Phi) is 3.94. The van der Waals surface area contributed by atoms with Crippen molar-refractivity contribution in [1.29, 1.82) is 0 Å². The van der Waals surface area contributed by atoms with Crippen LogP contribution in [-0.4, -0.2) is 4.98 Å². The molecule has 1 aromatic carbocycles. The fraction of sp³-hybridized carbons (Fsp3) is 0.214. The van der Waals surface area contributed by atoms with Crippen LogP contribution in [0, 0.1) is 0 Å². The Morgan fingerprint density at radius 1 is 1.22 bits per heavy atom. The molecule has 1 heterocycles. The molecule has 2 rings (SSSR count). The highest BCUT2D eigenvalue weighted by molar-refractivity contribution is 6.30. The number of aromatic nitrogens is 1. The van der Waals surface area contributed by atoms with Crippen LogP contribution in [0.3, 0.4) is 0 Å². The summed E-state index contributed by atoms with van der Waals surface area (Å²) in [7, 11) is 0. The Hall–Kier alpha value is -1.45. The average molecular weight is 265 g/mol. The Balaban J connectivity index is 2.53. The van der Waals surface area contributed by atoms with Crippen molar-refractivity contribution in [2.75, 3.05) is 0 Å². The molecule has 0 aliphatic carbocycles. The van der Waals surface area contributed by atoms with E-state index in [0.717, 1.165) is 16.8 Å². The van der Waals surface area contributed by atoms with Crippen molar-refractivity contribution < 1.29 is 4.39 Å². The number of rotatable bonds is 3. The van der Waals surface area contributed by atoms with Gasteiger partial charge in [-0.15, -0.1) is 0 Å². The van der Waals surface area contributed by atoms with E-state index in [4.69, 9.17) is 17.3 Å². The van der Waals surface area contributed by atoms with Crippen molar-refractivity contribution >= 4 is 11.6 Å². The number of pyridine rings is 1. The lowest BCUT2D eigenvalue weighted by Crippen LogP contribution is -2.03. The van der Waals surface area contributed by atoms with Crippen LogP contribution in [0.4, 0.5) is 4.39 Å². The third-order valence-electron chi connectivity index (χ3n) is 2.75. The van der Waals surface area contributed by atoms with E-state index >= 15 is 0 Å². The standard InChI is InChI=1S/C14H14ClFN2/c1-9(16)13-7-4-11(8-17)14(18-13)10-2-5-12(15)6-3-10/h2-7,9H,8,17H2,1H3. The number of halogens is 2. The van der Waals surface area contributed by atoms with E-state index in [2.05, 4.69) is 4.98 Å². The first-order chi connectivity index (χ1) is 8.61. The third-order valence-corrected chi connectivity index (χ3v) is 3.00. The van der Waals surface area contributed by atoms with Gasteiger partial charge in [-0.3, -0.25) is 0 Å². The monoisotopic (exact) mass is 264 g/mol. The van der Waals surface area contributed by atoms with Gasteiger partial charge in [0.1, 0.15) is 6.17 Å². The van der Waals surface area contributed by atoms with E-state index in [1.807, 2.05) is 18.2 Å². The van der Waals surface area contributed by atoms with Crippen molar-refractivity contribution in [2.45, 2.75) is 19.6 Å². The van der Waals surface area contributed by atoms with Gasteiger partial charge in [-0.25, -0.2) is 9.37 Å². The predicted octanol–water partition coefficient (Wildman–Crippen LogP) is 3.89. The van der Waals surface area contributed by atoms with Gasteiger partial charge in [0.15, 0.2) is 0 Å². The summed E-state index contributed by atoms with van der Waals surface area (Å²) < 4.78 is 13.3. The summed E-state index contributed by atoms with van der Waals surface area (Å²) in [5, 5.41) is 0.656. The van der Waals surface area contributed by atoms with Crippen LogP contribution in [0.25, 0.3) is 11.3 Å². The highest BCUT2D eigenvalue weighted by atomic mass is 35.5. The number of nitrogens with two attached hydrogens (primary N) is 1. The van der Waals surface area contributed by atoms with Gasteiger partial charge in [-0.1, -0.05) is 29.8 Å². The molecule has 0 aliphatic rings. The van der Waals surface area contributed by atoms with Gasteiger partial charge >= 0.3 is 0 Å². The van der Waals surface area contributed by atoms with Crippen molar-refractivity contribution in [3.63, 3.8) is 0 Å². The van der Waals surface area contributed by atoms with Crippen molar-refractivity contribution in [3.05, 3.63) is 52.7 Å². The van der Waals surface area contributed by atoms with Gasteiger partial charge < -0.3 is 5.73 Å². The van der Waals surface area contributed by atoms with Crippen LogP contribution in [0.5, 0.6) is 0 Å². The summed E-state index contributed by atoms with van der Waals surface area (Å²) in [6.07, 6.45) is -1.09. The molecule has 0 aliphatic heterocycles. The smallest absolute Gasteiger partial charge is 0.139 e. The Labute approximate surface area is 111 Å². The molecular formula is C14H14ClFN2. The third kappa shape index (κ3) is 2.68. The minimum Gasteiger partial charge on any atom is -0.326 e. The first kappa shape index (κ1) is 13.0. The van der Waals surface area contributed by atoms with Gasteiger partial charge in [0, 0.05) is 17.1 Å². The van der Waals surface area contributed by atoms with E-state index in [1.165, 1.54) is 6.92 Å². The molecule has 2 aromatic rings. The van der Waals surface area contributed by atoms with Crippen LogP contribution >= 0.6 is 11.6 Å². The molecule has 0 saturated carbocycles. The summed E-state index contributed by atoms with van der Waals surface area (Å²) in [5.74, 6) is 0. The molecule has 1 atom stereocenters. The second-order valence-corrected chi connectivity index (χ2v) is 4.51. The minimum absolute atomic E-state index is 0.367. The highest BCUT2D eigenvalue weighted by Crippen LogP contribution is 2.26. The zero-order valence-electron chi connectivity index (χ0n) is 10.0. The van der Waals surface area contributed by atoms with Crippen molar-refractivity contribution in [1.82, 2.24) is 4.98 Å². The van der Waals surface area contributed by atoms with Gasteiger partial charge in [0.05, 0.1) is 11.4 Å². The highest BCUT2D eigenvalue weighted by Gasteiger charge is 2.11. The minimum atomic E-state index is -1.09. The predicted molar refractivity (Wildman–Crippen MR) is 72.1 cm³/mol. The molecule has 94 valence electrons. The summed E-state index contributed by atoms with van der Waals surface area (Å²) >= 11 is 5.85. The number of benzene rings is 1. The summed E-state index contributed by atoms with van der Waals surface area (Å²) in [6.45, 7) is 1.84. The molecule has 2 N–H and O–H groups in total. The Morgan fingerprint density at radius 3 is 2.44 bits per heavy atom. The first-order valence-electron chi connectivity index (χ1n) is 5.71. The zero-order chi connectivity index (χ0) is 13.1. The maximum absolute atomic E-state index is 13.3. The summed E-state index contributed by atoms with van der Waals surface area (Å²) in [5.41, 5.74) is 8.60. The summed E-state index contributed by atoms with van der Waals surface area (Å²) in [4.78, 5) is 4.34. The van der Waals surface area contributed by atoms with Gasteiger partial charge in [-0.2, -0.15) is 0 Å². The lowest BCUT2D eigenvalue weighted by molar-refractivity contribution is 0.366. The zero-order valence-corrected chi connectivity index (χ0v) is 10.8. The van der Waals surface area contributed by atoms with Crippen molar-refractivity contribution in [3.8, 4) is 11.3 Å². The quantitative estimate of drug-likeness (QED) is 0.913. The maximum Gasteiger partial charge on any atom is 0.139 e. The molecular weight excluding hydrogens is 251 g/mol. The summed E-state index contributed by atoms with van der Waals surface area (Å²) in [6, 6.07) is 10.8. The van der Waals surface area contributed by atoms with Gasteiger partial charge in [0.25, 0.3) is 0 Å². The number of alkyl halides is 1. The molecule has 2 nitrogen and oxygen atoms in total. The first-order valence-corrected chi connectivity index (χ1v) is 6.09. The molecule has 1 unspecified atom stereocenters. The molecule has 0 amide bonds. The Bertz CT molecular complexity index is 538. The molecule has 0 saturated heterocycles. The van der Waals surface area contributed by atoms with E-state index in [-0.39, 0.29) is 0 Å². The topological polar surface area (TPSA) is 38.9 Å². The fourth-order valence-corrected chi connectivity index (χ4v) is 1.87. The Morgan fingerprint density at radius 2 is 1.89 bits per heavy atom. The van der Waals surface area contributed by atoms with Crippen LogP contribution in [0.2, 0.25) is 5.02 Å². The normalized spacial score (nSPS) is 12.4. The van der Waals surface area contributed by atoms with Gasteiger partial charge in [-0.05, 0) is 30.7 Å². The molecule has 18 heavy (non-hydrogen) atoms. The molecule has 0 radical (unpaired) electrons. The van der Waals surface area contributed by atoms with Gasteiger partial charge in [0.2, 0.25) is 0 Å². The van der Waals surface area contributed by atoms with Crippen LogP contribution in [0.1, 0.15) is 24.4 Å². The lowest BCUT2D eigenvalue weighted by Gasteiger charge is -2.10. The molecule has 0 fully saturated rings. The van der Waals surface area contributed by atoms with Crippen LogP contribution < -0.4 is 5.73 Å². The van der Waals surface area contributed by atoms with E-state index in [1.54, 1.807) is 18.2 Å². The molecule has 1 aromatic heterocycles. The van der Waals surface area contributed by atoms with E-state index in [0.29, 0.717) is 17.3 Å². The molecule has 0 bridgehead atoms. The van der Waals surface area contributed by atoms with E-state index < -0.39 is 6.17 Å². The average Bonchev–Trinajstić information content (AvgIpc) is 2.39. The SMILES string of the molecule is CC(F)c1ccc(CN)c(-c2ccc(Cl)cc2)n1. The van der Waals surface area contributed by atoms with Crippen LogP contribution in [-0.2, 0) is 6.54 Å².